The monoisotopic (exact) mass is 337 g/mol. The molecular formula is C18H21Cl2NO. The van der Waals surface area contributed by atoms with Crippen molar-refractivity contribution in [3.63, 3.8) is 0 Å². The van der Waals surface area contributed by atoms with Crippen LogP contribution in [0, 0.1) is 0 Å². The van der Waals surface area contributed by atoms with Gasteiger partial charge in [-0.1, -0.05) is 48.3 Å². The largest absolute Gasteiger partial charge is 0.489 e. The van der Waals surface area contributed by atoms with E-state index in [1.807, 2.05) is 30.3 Å². The minimum Gasteiger partial charge on any atom is -0.489 e. The third-order valence-corrected chi connectivity index (χ3v) is 4.34. The summed E-state index contributed by atoms with van der Waals surface area (Å²) in [6.45, 7) is 5.59. The number of hydrogen-bond donors (Lipinski definition) is 1. The molecule has 0 aliphatic rings. The molecule has 1 atom stereocenters. The Kier molecular flexibility index (Phi) is 6.56. The average Bonchev–Trinajstić information content (AvgIpc) is 2.53. The van der Waals surface area contributed by atoms with Crippen LogP contribution in [0.2, 0.25) is 10.0 Å². The van der Waals surface area contributed by atoms with Crippen molar-refractivity contribution in [1.82, 2.24) is 5.32 Å². The van der Waals surface area contributed by atoms with Gasteiger partial charge in [0.1, 0.15) is 12.4 Å². The zero-order valence-electron chi connectivity index (χ0n) is 12.9. The molecule has 0 saturated heterocycles. The summed E-state index contributed by atoms with van der Waals surface area (Å²) in [5.41, 5.74) is 2.05. The lowest BCUT2D eigenvalue weighted by Crippen LogP contribution is -2.24. The van der Waals surface area contributed by atoms with E-state index in [4.69, 9.17) is 27.9 Å². The van der Waals surface area contributed by atoms with Gasteiger partial charge in [0.15, 0.2) is 0 Å². The smallest absolute Gasteiger partial charge is 0.119 e. The molecule has 22 heavy (non-hydrogen) atoms. The average molecular weight is 338 g/mol. The minimum atomic E-state index is 0.364. The van der Waals surface area contributed by atoms with Crippen molar-refractivity contribution in [2.24, 2.45) is 0 Å². The van der Waals surface area contributed by atoms with Crippen molar-refractivity contribution < 1.29 is 4.74 Å². The van der Waals surface area contributed by atoms with Gasteiger partial charge in [0.05, 0.1) is 0 Å². The predicted octanol–water partition coefficient (Wildman–Crippen LogP) is 5.46. The van der Waals surface area contributed by atoms with Crippen LogP contribution in [-0.4, -0.2) is 6.04 Å². The van der Waals surface area contributed by atoms with Crippen molar-refractivity contribution in [2.75, 3.05) is 0 Å². The van der Waals surface area contributed by atoms with Gasteiger partial charge in [0, 0.05) is 28.2 Å². The summed E-state index contributed by atoms with van der Waals surface area (Å²) in [6.07, 6.45) is 1.12. The quantitative estimate of drug-likeness (QED) is 0.724. The van der Waals surface area contributed by atoms with Crippen LogP contribution in [0.4, 0.5) is 0 Å². The highest BCUT2D eigenvalue weighted by Gasteiger charge is 2.06. The van der Waals surface area contributed by atoms with Crippen LogP contribution in [0.25, 0.3) is 0 Å². The van der Waals surface area contributed by atoms with Crippen LogP contribution in [0.1, 0.15) is 31.4 Å². The Morgan fingerprint density at radius 3 is 2.27 bits per heavy atom. The van der Waals surface area contributed by atoms with Gasteiger partial charge >= 0.3 is 0 Å². The van der Waals surface area contributed by atoms with Crippen molar-refractivity contribution in [2.45, 2.75) is 39.5 Å². The third kappa shape index (κ3) is 4.91. The Bertz CT molecular complexity index is 578. The zero-order chi connectivity index (χ0) is 15.9. The van der Waals surface area contributed by atoms with Gasteiger partial charge in [-0.3, -0.25) is 0 Å². The molecule has 0 spiro atoms. The van der Waals surface area contributed by atoms with Gasteiger partial charge < -0.3 is 10.1 Å². The molecule has 0 radical (unpaired) electrons. The maximum Gasteiger partial charge on any atom is 0.119 e. The maximum absolute atomic E-state index is 6.13. The van der Waals surface area contributed by atoms with Crippen LogP contribution in [-0.2, 0) is 13.2 Å². The number of halogens is 2. The van der Waals surface area contributed by atoms with Crippen molar-refractivity contribution in [3.05, 3.63) is 63.6 Å². The fraction of sp³-hybridized carbons (Fsp3) is 0.333. The van der Waals surface area contributed by atoms with Crippen molar-refractivity contribution >= 4 is 23.2 Å². The summed E-state index contributed by atoms with van der Waals surface area (Å²) in [7, 11) is 0. The normalized spacial score (nSPS) is 12.2. The molecule has 1 N–H and O–H groups in total. The molecule has 0 bridgehead atoms. The number of benzene rings is 2. The lowest BCUT2D eigenvalue weighted by atomic mass is 10.2. The molecule has 4 heteroatoms. The molecule has 0 fully saturated rings. The SMILES string of the molecule is CC[C@@H](C)NCc1ccc(OCc2c(Cl)cccc2Cl)cc1. The number of ether oxygens (including phenoxy) is 1. The minimum absolute atomic E-state index is 0.364. The highest BCUT2D eigenvalue weighted by atomic mass is 35.5. The second-order valence-electron chi connectivity index (χ2n) is 5.32. The Balaban J connectivity index is 1.91. The molecule has 2 aromatic carbocycles. The fourth-order valence-electron chi connectivity index (χ4n) is 1.97. The van der Waals surface area contributed by atoms with Crippen molar-refractivity contribution in [3.8, 4) is 5.75 Å². The summed E-state index contributed by atoms with van der Waals surface area (Å²) in [4.78, 5) is 0. The topological polar surface area (TPSA) is 21.3 Å². The summed E-state index contributed by atoms with van der Waals surface area (Å²) < 4.78 is 5.77. The number of hydrogen-bond acceptors (Lipinski definition) is 2. The van der Waals surface area contributed by atoms with Gasteiger partial charge in [0.25, 0.3) is 0 Å². The van der Waals surface area contributed by atoms with E-state index in [9.17, 15) is 0 Å². The highest BCUT2D eigenvalue weighted by molar-refractivity contribution is 6.35. The maximum atomic E-state index is 6.13. The van der Waals surface area contributed by atoms with E-state index in [1.165, 1.54) is 5.56 Å². The molecule has 2 aromatic rings. The number of nitrogens with one attached hydrogen (secondary N) is 1. The standard InChI is InChI=1S/C18H21Cl2NO/c1-3-13(2)21-11-14-7-9-15(10-8-14)22-12-16-17(19)5-4-6-18(16)20/h4-10,13,21H,3,11-12H2,1-2H3/t13-/m1/s1. The van der Waals surface area contributed by atoms with Gasteiger partial charge in [-0.25, -0.2) is 0 Å². The van der Waals surface area contributed by atoms with E-state index in [-0.39, 0.29) is 0 Å². The first-order valence-corrected chi connectivity index (χ1v) is 8.23. The summed E-state index contributed by atoms with van der Waals surface area (Å²) in [6, 6.07) is 14.1. The molecular weight excluding hydrogens is 317 g/mol. The van der Waals surface area contributed by atoms with Crippen LogP contribution in [0.15, 0.2) is 42.5 Å². The molecule has 0 aromatic heterocycles. The van der Waals surface area contributed by atoms with Crippen LogP contribution < -0.4 is 10.1 Å². The van der Waals surface area contributed by atoms with Gasteiger partial charge in [-0.05, 0) is 43.2 Å². The molecule has 0 saturated carbocycles. The number of rotatable bonds is 7. The van der Waals surface area contributed by atoms with Crippen molar-refractivity contribution in [1.29, 1.82) is 0 Å². The lowest BCUT2D eigenvalue weighted by Gasteiger charge is -2.12. The Labute approximate surface area is 142 Å². The summed E-state index contributed by atoms with van der Waals surface area (Å²) in [5, 5.41) is 4.72. The first-order chi connectivity index (χ1) is 10.6. The molecule has 0 amide bonds. The fourth-order valence-corrected chi connectivity index (χ4v) is 2.47. The Morgan fingerprint density at radius 2 is 1.68 bits per heavy atom. The Morgan fingerprint density at radius 1 is 1.05 bits per heavy atom. The second-order valence-corrected chi connectivity index (χ2v) is 6.14. The van der Waals surface area contributed by atoms with Crippen LogP contribution in [0.3, 0.4) is 0 Å². The van der Waals surface area contributed by atoms with Gasteiger partial charge in [0.2, 0.25) is 0 Å². The molecule has 118 valence electrons. The molecule has 0 heterocycles. The van der Waals surface area contributed by atoms with Crippen LogP contribution >= 0.6 is 23.2 Å². The van der Waals surface area contributed by atoms with E-state index in [0.29, 0.717) is 22.7 Å². The first kappa shape index (κ1) is 17.1. The molecule has 0 aliphatic heterocycles. The third-order valence-electron chi connectivity index (χ3n) is 3.64. The summed E-state index contributed by atoms with van der Waals surface area (Å²) >= 11 is 12.3. The van der Waals surface area contributed by atoms with E-state index in [0.717, 1.165) is 24.3 Å². The summed E-state index contributed by atoms with van der Waals surface area (Å²) in [5.74, 6) is 0.809. The zero-order valence-corrected chi connectivity index (χ0v) is 14.4. The Hall–Kier alpha value is -1.22. The van der Waals surface area contributed by atoms with E-state index in [1.54, 1.807) is 0 Å². The second kappa shape index (κ2) is 8.42. The molecule has 2 rings (SSSR count). The molecule has 0 aliphatic carbocycles. The van der Waals surface area contributed by atoms with E-state index < -0.39 is 0 Å². The van der Waals surface area contributed by atoms with Gasteiger partial charge in [-0.2, -0.15) is 0 Å². The lowest BCUT2D eigenvalue weighted by molar-refractivity contribution is 0.306. The van der Waals surface area contributed by atoms with E-state index >= 15 is 0 Å². The molecule has 0 unspecified atom stereocenters. The highest BCUT2D eigenvalue weighted by Crippen LogP contribution is 2.25. The van der Waals surface area contributed by atoms with Crippen LogP contribution in [0.5, 0.6) is 5.75 Å². The first-order valence-electron chi connectivity index (χ1n) is 7.48. The van der Waals surface area contributed by atoms with Gasteiger partial charge in [-0.15, -0.1) is 0 Å². The van der Waals surface area contributed by atoms with E-state index in [2.05, 4.69) is 31.3 Å². The predicted molar refractivity (Wildman–Crippen MR) is 93.8 cm³/mol. The molecule has 2 nitrogen and oxygen atoms in total.